The summed E-state index contributed by atoms with van der Waals surface area (Å²) in [4.78, 5) is 8.53. The van der Waals surface area contributed by atoms with Crippen molar-refractivity contribution in [2.24, 2.45) is 0 Å². The van der Waals surface area contributed by atoms with Gasteiger partial charge in [-0.05, 0) is 0 Å². The molecule has 4 heterocycles. The van der Waals surface area contributed by atoms with Crippen LogP contribution in [0, 0.1) is 11.3 Å². The van der Waals surface area contributed by atoms with Crippen LogP contribution in [-0.4, -0.2) is 59.2 Å². The molecule has 4 rings (SSSR count). The molecule has 0 bridgehead atoms. The lowest BCUT2D eigenvalue weighted by atomic mass is 10.1. The summed E-state index contributed by atoms with van der Waals surface area (Å²) in [6, 6.07) is 2.08. The van der Waals surface area contributed by atoms with Crippen molar-refractivity contribution in [3.63, 3.8) is 0 Å². The Balaban J connectivity index is 1.93. The highest BCUT2D eigenvalue weighted by atomic mass is 16.6. The highest BCUT2D eigenvalue weighted by Crippen LogP contribution is 2.34. The smallest absolute Gasteiger partial charge is 0.164 e. The van der Waals surface area contributed by atoms with E-state index < -0.39 is 31.1 Å². The summed E-state index contributed by atoms with van der Waals surface area (Å²) >= 11 is 0. The van der Waals surface area contributed by atoms with Crippen molar-refractivity contribution in [1.82, 2.24) is 18.9 Å². The van der Waals surface area contributed by atoms with E-state index in [9.17, 15) is 20.6 Å². The molecule has 9 nitrogen and oxygen atoms in total. The molecule has 3 aromatic heterocycles. The van der Waals surface area contributed by atoms with Crippen molar-refractivity contribution >= 4 is 16.7 Å². The van der Waals surface area contributed by atoms with E-state index in [1.54, 1.807) is 23.1 Å². The number of fused-ring (bicyclic) bond motifs is 3. The molecule has 0 aromatic carbocycles. The Morgan fingerprint density at radius 3 is 2.78 bits per heavy atom. The molecule has 1 saturated heterocycles. The van der Waals surface area contributed by atoms with Crippen molar-refractivity contribution < 1.29 is 20.1 Å². The summed E-state index contributed by atoms with van der Waals surface area (Å²) in [6.07, 6.45) is 2.06. The van der Waals surface area contributed by atoms with Gasteiger partial charge in [0.2, 0.25) is 0 Å². The number of ether oxygens (including phenoxy) is 1. The Morgan fingerprint density at radius 1 is 1.26 bits per heavy atom. The van der Waals surface area contributed by atoms with E-state index in [-0.39, 0.29) is 0 Å². The molecule has 0 saturated carbocycles. The maximum Gasteiger partial charge on any atom is 0.164 e. The number of hydrogen-bond acceptors (Lipinski definition) is 7. The first-order valence-corrected chi connectivity index (χ1v) is 7.00. The SMILES string of the molecule is N#Cc1cn([C@@H]2O[C@H](CO)[C@@H](O)[C@H]2O)c2ncn3ccnc3c12. The molecule has 1 aliphatic heterocycles. The molecule has 0 aliphatic carbocycles. The van der Waals surface area contributed by atoms with Gasteiger partial charge in [0.1, 0.15) is 42.0 Å². The van der Waals surface area contributed by atoms with Crippen LogP contribution in [0.15, 0.2) is 24.9 Å². The van der Waals surface area contributed by atoms with Gasteiger partial charge in [0.25, 0.3) is 0 Å². The minimum atomic E-state index is -1.24. The van der Waals surface area contributed by atoms with E-state index >= 15 is 0 Å². The van der Waals surface area contributed by atoms with Gasteiger partial charge in [-0.1, -0.05) is 0 Å². The maximum atomic E-state index is 10.2. The molecule has 23 heavy (non-hydrogen) atoms. The van der Waals surface area contributed by atoms with Crippen molar-refractivity contribution in [2.75, 3.05) is 6.61 Å². The van der Waals surface area contributed by atoms with E-state index in [4.69, 9.17) is 4.74 Å². The summed E-state index contributed by atoms with van der Waals surface area (Å²) < 4.78 is 8.69. The maximum absolute atomic E-state index is 10.2. The third-order valence-corrected chi connectivity index (χ3v) is 4.11. The number of imidazole rings is 1. The van der Waals surface area contributed by atoms with E-state index in [0.29, 0.717) is 22.2 Å². The lowest BCUT2D eigenvalue weighted by molar-refractivity contribution is -0.0508. The van der Waals surface area contributed by atoms with Crippen molar-refractivity contribution in [3.8, 4) is 6.07 Å². The van der Waals surface area contributed by atoms with Gasteiger partial charge in [-0.3, -0.25) is 4.40 Å². The Morgan fingerprint density at radius 2 is 2.09 bits per heavy atom. The molecule has 0 unspecified atom stereocenters. The van der Waals surface area contributed by atoms with Gasteiger partial charge in [-0.25, -0.2) is 9.97 Å². The Hall–Kier alpha value is -2.51. The van der Waals surface area contributed by atoms with E-state index in [1.807, 2.05) is 0 Å². The second-order valence-electron chi connectivity index (χ2n) is 5.39. The van der Waals surface area contributed by atoms with Gasteiger partial charge < -0.3 is 24.6 Å². The van der Waals surface area contributed by atoms with Crippen molar-refractivity contribution in [2.45, 2.75) is 24.5 Å². The standard InChI is InChI=1S/C14H13N5O4/c15-3-7-4-19(14-11(22)10(21)8(5-20)23-14)13-9(7)12-16-1-2-18(12)6-17-13/h1-2,4,6,8,10-11,14,20-22H,5H2/t8-,10-,11-,14-/m1/s1. The number of hydrogen-bond donors (Lipinski definition) is 3. The zero-order chi connectivity index (χ0) is 16.1. The average molecular weight is 315 g/mol. The van der Waals surface area contributed by atoms with Crippen LogP contribution < -0.4 is 0 Å². The predicted molar refractivity (Wildman–Crippen MR) is 76.2 cm³/mol. The Kier molecular flexibility index (Phi) is 3.07. The summed E-state index contributed by atoms with van der Waals surface area (Å²) in [5.74, 6) is 0. The number of aliphatic hydroxyl groups excluding tert-OH is 3. The minimum Gasteiger partial charge on any atom is -0.394 e. The highest BCUT2D eigenvalue weighted by molar-refractivity contribution is 5.95. The van der Waals surface area contributed by atoms with Gasteiger partial charge in [-0.15, -0.1) is 0 Å². The van der Waals surface area contributed by atoms with Gasteiger partial charge in [-0.2, -0.15) is 5.26 Å². The molecule has 3 aromatic rings. The van der Waals surface area contributed by atoms with Gasteiger partial charge in [0, 0.05) is 18.6 Å². The summed E-state index contributed by atoms with van der Waals surface area (Å²) in [6.45, 7) is -0.420. The monoisotopic (exact) mass is 315 g/mol. The largest absolute Gasteiger partial charge is 0.394 e. The Bertz CT molecular complexity index is 926. The fourth-order valence-corrected chi connectivity index (χ4v) is 2.97. The molecule has 9 heteroatoms. The molecule has 3 N–H and O–H groups in total. The number of aromatic nitrogens is 4. The summed E-state index contributed by atoms with van der Waals surface area (Å²) in [5.41, 5.74) is 1.31. The second-order valence-corrected chi connectivity index (χ2v) is 5.39. The average Bonchev–Trinajstić information content (AvgIpc) is 3.24. The topological polar surface area (TPSA) is 129 Å². The second kappa shape index (κ2) is 5.00. The van der Waals surface area contributed by atoms with Crippen LogP contribution in [-0.2, 0) is 4.74 Å². The number of aliphatic hydroxyl groups is 3. The van der Waals surface area contributed by atoms with Crippen LogP contribution in [0.1, 0.15) is 11.8 Å². The highest BCUT2D eigenvalue weighted by Gasteiger charge is 2.44. The van der Waals surface area contributed by atoms with E-state index in [2.05, 4.69) is 16.0 Å². The van der Waals surface area contributed by atoms with Crippen LogP contribution in [0.2, 0.25) is 0 Å². The Labute approximate surface area is 129 Å². The molecular formula is C14H13N5O4. The quantitative estimate of drug-likeness (QED) is 0.562. The molecule has 118 valence electrons. The summed E-state index contributed by atoms with van der Waals surface area (Å²) in [5, 5.41) is 39.2. The fraction of sp³-hybridized carbons (Fsp3) is 0.357. The van der Waals surface area contributed by atoms with Crippen LogP contribution in [0.25, 0.3) is 16.7 Å². The van der Waals surface area contributed by atoms with E-state index in [1.165, 1.54) is 10.8 Å². The minimum absolute atomic E-state index is 0.335. The third kappa shape index (κ3) is 1.87. The molecule has 1 aliphatic rings. The van der Waals surface area contributed by atoms with Gasteiger partial charge >= 0.3 is 0 Å². The number of nitrogens with zero attached hydrogens (tertiary/aromatic N) is 5. The number of nitriles is 1. The van der Waals surface area contributed by atoms with Crippen LogP contribution >= 0.6 is 0 Å². The van der Waals surface area contributed by atoms with Crippen molar-refractivity contribution in [1.29, 1.82) is 5.26 Å². The molecule has 0 radical (unpaired) electrons. The zero-order valence-corrected chi connectivity index (χ0v) is 11.8. The first-order valence-electron chi connectivity index (χ1n) is 7.00. The third-order valence-electron chi connectivity index (χ3n) is 4.11. The molecule has 4 atom stereocenters. The lowest BCUT2D eigenvalue weighted by Crippen LogP contribution is -2.33. The van der Waals surface area contributed by atoms with Crippen LogP contribution in [0.4, 0.5) is 0 Å². The van der Waals surface area contributed by atoms with E-state index in [0.717, 1.165) is 0 Å². The molecule has 0 amide bonds. The zero-order valence-electron chi connectivity index (χ0n) is 11.8. The molecular weight excluding hydrogens is 302 g/mol. The molecule has 0 spiro atoms. The van der Waals surface area contributed by atoms with Crippen molar-refractivity contribution in [3.05, 3.63) is 30.5 Å². The van der Waals surface area contributed by atoms with Gasteiger partial charge in [0.15, 0.2) is 6.23 Å². The normalized spacial score (nSPS) is 27.7. The van der Waals surface area contributed by atoms with Crippen LogP contribution in [0.5, 0.6) is 0 Å². The van der Waals surface area contributed by atoms with Crippen LogP contribution in [0.3, 0.4) is 0 Å². The number of rotatable bonds is 2. The lowest BCUT2D eigenvalue weighted by Gasteiger charge is -2.17. The predicted octanol–water partition coefficient (Wildman–Crippen LogP) is -0.833. The van der Waals surface area contributed by atoms with Gasteiger partial charge in [0.05, 0.1) is 17.6 Å². The summed E-state index contributed by atoms with van der Waals surface area (Å²) in [7, 11) is 0. The first-order chi connectivity index (χ1) is 11.2. The molecule has 1 fully saturated rings. The fourth-order valence-electron chi connectivity index (χ4n) is 2.97. The first kappa shape index (κ1) is 14.1.